The van der Waals surface area contributed by atoms with Crippen LogP contribution in [-0.2, 0) is 4.79 Å². The molecule has 0 spiro atoms. The Balaban J connectivity index is 1.54. The van der Waals surface area contributed by atoms with Gasteiger partial charge in [-0.25, -0.2) is 0 Å². The summed E-state index contributed by atoms with van der Waals surface area (Å²) < 4.78 is 6.96. The Morgan fingerprint density at radius 3 is 2.71 bits per heavy atom. The quantitative estimate of drug-likeness (QED) is 0.472. The molecule has 2 aromatic carbocycles. The van der Waals surface area contributed by atoms with Gasteiger partial charge in [0.1, 0.15) is 12.1 Å². The number of amides is 2. The van der Waals surface area contributed by atoms with Crippen LogP contribution in [0.5, 0.6) is 5.75 Å². The van der Waals surface area contributed by atoms with Gasteiger partial charge in [-0.05, 0) is 36.4 Å². The van der Waals surface area contributed by atoms with Gasteiger partial charge >= 0.3 is 0 Å². The number of aromatic nitrogens is 3. The number of halogens is 1. The molecule has 0 aliphatic carbocycles. The standard InChI is InChI=1S/C18H16ClN5O3S/c1-27-15-4-2-3-14(9-15)24-11-20-23-18(24)28-10-16(25)21-22-17(26)12-5-7-13(19)8-6-12/h2-9,11H,10H2,1H3,(H,21,25)(H,22,26). The molecule has 144 valence electrons. The van der Waals surface area contributed by atoms with E-state index in [1.807, 2.05) is 24.3 Å². The van der Waals surface area contributed by atoms with Crippen LogP contribution >= 0.6 is 23.4 Å². The predicted molar refractivity (Wildman–Crippen MR) is 106 cm³/mol. The first-order chi connectivity index (χ1) is 13.6. The summed E-state index contributed by atoms with van der Waals surface area (Å²) in [6, 6.07) is 13.7. The average Bonchev–Trinajstić information content (AvgIpc) is 3.19. The normalized spacial score (nSPS) is 10.4. The number of thioether (sulfide) groups is 1. The SMILES string of the molecule is COc1cccc(-n2cnnc2SCC(=O)NNC(=O)c2ccc(Cl)cc2)c1. The van der Waals surface area contributed by atoms with Crippen molar-refractivity contribution in [1.82, 2.24) is 25.6 Å². The van der Waals surface area contributed by atoms with Crippen LogP contribution < -0.4 is 15.6 Å². The van der Waals surface area contributed by atoms with Crippen LogP contribution in [0.15, 0.2) is 60.0 Å². The molecule has 2 N–H and O–H groups in total. The zero-order valence-electron chi connectivity index (χ0n) is 14.8. The molecule has 0 fully saturated rings. The van der Waals surface area contributed by atoms with Gasteiger partial charge in [0.25, 0.3) is 5.91 Å². The fourth-order valence-corrected chi connectivity index (χ4v) is 3.08. The highest BCUT2D eigenvalue weighted by Crippen LogP contribution is 2.22. The van der Waals surface area contributed by atoms with Crippen molar-refractivity contribution in [2.75, 3.05) is 12.9 Å². The Kier molecular flexibility index (Phi) is 6.51. The number of ether oxygens (including phenoxy) is 1. The van der Waals surface area contributed by atoms with E-state index in [2.05, 4.69) is 21.0 Å². The monoisotopic (exact) mass is 417 g/mol. The van der Waals surface area contributed by atoms with Crippen LogP contribution in [0.3, 0.4) is 0 Å². The number of carbonyl (C=O) groups is 2. The molecular weight excluding hydrogens is 402 g/mol. The lowest BCUT2D eigenvalue weighted by molar-refractivity contribution is -0.119. The fraction of sp³-hybridized carbons (Fsp3) is 0.111. The summed E-state index contributed by atoms with van der Waals surface area (Å²) in [7, 11) is 1.59. The van der Waals surface area contributed by atoms with E-state index in [1.54, 1.807) is 42.3 Å². The second-order valence-corrected chi connectivity index (χ2v) is 6.86. The maximum absolute atomic E-state index is 12.0. The zero-order valence-corrected chi connectivity index (χ0v) is 16.3. The molecule has 0 aliphatic heterocycles. The van der Waals surface area contributed by atoms with E-state index in [0.717, 1.165) is 5.69 Å². The number of methoxy groups -OCH3 is 1. The second-order valence-electron chi connectivity index (χ2n) is 5.48. The second kappa shape index (κ2) is 9.25. The Morgan fingerprint density at radius 2 is 1.96 bits per heavy atom. The van der Waals surface area contributed by atoms with E-state index in [1.165, 1.54) is 11.8 Å². The lowest BCUT2D eigenvalue weighted by Crippen LogP contribution is -2.42. The summed E-state index contributed by atoms with van der Waals surface area (Å²) in [5.74, 6) is -0.0734. The van der Waals surface area contributed by atoms with Crippen LogP contribution in [0.25, 0.3) is 5.69 Å². The topological polar surface area (TPSA) is 98.1 Å². The Morgan fingerprint density at radius 1 is 1.18 bits per heavy atom. The van der Waals surface area contributed by atoms with Gasteiger partial charge in [-0.1, -0.05) is 29.4 Å². The first-order valence-electron chi connectivity index (χ1n) is 8.09. The highest BCUT2D eigenvalue weighted by atomic mass is 35.5. The molecule has 8 nitrogen and oxygen atoms in total. The first-order valence-corrected chi connectivity index (χ1v) is 9.45. The number of rotatable bonds is 6. The third-order valence-corrected chi connectivity index (χ3v) is 4.80. The molecule has 0 unspecified atom stereocenters. The van der Waals surface area contributed by atoms with Gasteiger partial charge in [-0.15, -0.1) is 10.2 Å². The molecule has 0 atom stereocenters. The average molecular weight is 418 g/mol. The van der Waals surface area contributed by atoms with Gasteiger partial charge < -0.3 is 4.74 Å². The molecule has 0 saturated heterocycles. The minimum atomic E-state index is -0.436. The summed E-state index contributed by atoms with van der Waals surface area (Å²) >= 11 is 6.97. The van der Waals surface area contributed by atoms with E-state index >= 15 is 0 Å². The number of nitrogens with one attached hydrogen (secondary N) is 2. The number of carbonyl (C=O) groups excluding carboxylic acids is 2. The van der Waals surface area contributed by atoms with Crippen molar-refractivity contribution in [2.24, 2.45) is 0 Å². The minimum Gasteiger partial charge on any atom is -0.497 e. The molecule has 0 saturated carbocycles. The van der Waals surface area contributed by atoms with Crippen molar-refractivity contribution in [3.05, 3.63) is 65.4 Å². The van der Waals surface area contributed by atoms with E-state index in [-0.39, 0.29) is 11.7 Å². The van der Waals surface area contributed by atoms with E-state index in [4.69, 9.17) is 16.3 Å². The van der Waals surface area contributed by atoms with Crippen LogP contribution in [0.4, 0.5) is 0 Å². The third-order valence-electron chi connectivity index (χ3n) is 3.60. The molecule has 2 amide bonds. The zero-order chi connectivity index (χ0) is 19.9. The lowest BCUT2D eigenvalue weighted by atomic mass is 10.2. The summed E-state index contributed by atoms with van der Waals surface area (Å²) in [5, 5.41) is 8.98. The van der Waals surface area contributed by atoms with Crippen molar-refractivity contribution in [3.63, 3.8) is 0 Å². The largest absolute Gasteiger partial charge is 0.497 e. The van der Waals surface area contributed by atoms with Gasteiger partial charge in [-0.2, -0.15) is 0 Å². The van der Waals surface area contributed by atoms with Crippen LogP contribution in [-0.4, -0.2) is 39.4 Å². The Bertz CT molecular complexity index is 977. The van der Waals surface area contributed by atoms with E-state index < -0.39 is 5.91 Å². The van der Waals surface area contributed by atoms with Gasteiger partial charge in [-0.3, -0.25) is 25.0 Å². The van der Waals surface area contributed by atoms with Gasteiger partial charge in [0.2, 0.25) is 5.91 Å². The molecule has 10 heteroatoms. The maximum atomic E-state index is 12.0. The van der Waals surface area contributed by atoms with Gasteiger partial charge in [0.15, 0.2) is 5.16 Å². The Labute approximate surface area is 170 Å². The molecule has 3 aromatic rings. The summed E-state index contributed by atoms with van der Waals surface area (Å²) in [5.41, 5.74) is 5.91. The molecule has 0 aliphatic rings. The number of benzene rings is 2. The molecule has 0 radical (unpaired) electrons. The molecular formula is C18H16ClN5O3S. The van der Waals surface area contributed by atoms with Gasteiger partial charge in [0, 0.05) is 16.7 Å². The van der Waals surface area contributed by atoms with Crippen molar-refractivity contribution in [3.8, 4) is 11.4 Å². The van der Waals surface area contributed by atoms with Crippen molar-refractivity contribution in [2.45, 2.75) is 5.16 Å². The lowest BCUT2D eigenvalue weighted by Gasteiger charge is -2.09. The smallest absolute Gasteiger partial charge is 0.269 e. The van der Waals surface area contributed by atoms with Crippen LogP contribution in [0, 0.1) is 0 Å². The highest BCUT2D eigenvalue weighted by Gasteiger charge is 2.12. The van der Waals surface area contributed by atoms with Crippen molar-refractivity contribution in [1.29, 1.82) is 0 Å². The highest BCUT2D eigenvalue weighted by molar-refractivity contribution is 7.99. The van der Waals surface area contributed by atoms with Crippen LogP contribution in [0.1, 0.15) is 10.4 Å². The number of hydrogen-bond acceptors (Lipinski definition) is 6. The van der Waals surface area contributed by atoms with Crippen LogP contribution in [0.2, 0.25) is 5.02 Å². The molecule has 28 heavy (non-hydrogen) atoms. The van der Waals surface area contributed by atoms with Crippen molar-refractivity contribution < 1.29 is 14.3 Å². The molecule has 1 aromatic heterocycles. The maximum Gasteiger partial charge on any atom is 0.269 e. The molecule has 0 bridgehead atoms. The minimum absolute atomic E-state index is 0.0452. The summed E-state index contributed by atoms with van der Waals surface area (Å²) in [6.07, 6.45) is 1.55. The third kappa shape index (κ3) is 5.02. The fourth-order valence-electron chi connectivity index (χ4n) is 2.23. The van der Waals surface area contributed by atoms with Crippen molar-refractivity contribution >= 4 is 35.2 Å². The summed E-state index contributed by atoms with van der Waals surface area (Å²) in [6.45, 7) is 0. The predicted octanol–water partition coefficient (Wildman–Crippen LogP) is 2.48. The first kappa shape index (κ1) is 19.7. The van der Waals surface area contributed by atoms with E-state index in [0.29, 0.717) is 21.5 Å². The van der Waals surface area contributed by atoms with Gasteiger partial charge in [0.05, 0.1) is 18.6 Å². The number of hydrazine groups is 1. The Hall–Kier alpha value is -3.04. The number of nitrogens with zero attached hydrogens (tertiary/aromatic N) is 3. The molecule has 1 heterocycles. The van der Waals surface area contributed by atoms with E-state index in [9.17, 15) is 9.59 Å². The number of hydrogen-bond donors (Lipinski definition) is 2. The summed E-state index contributed by atoms with van der Waals surface area (Å²) in [4.78, 5) is 24.0. The molecule has 3 rings (SSSR count).